The minimum Gasteiger partial charge on any atom is -0.398 e. The minimum atomic E-state index is -0.562. The average Bonchev–Trinajstić information content (AvgIpc) is 2.29. The molecule has 16 heavy (non-hydrogen) atoms. The highest BCUT2D eigenvalue weighted by molar-refractivity contribution is 7.80. The molecule has 1 aromatic carbocycles. The Bertz CT molecular complexity index is 357. The first-order valence-corrected chi connectivity index (χ1v) is 5.54. The summed E-state index contributed by atoms with van der Waals surface area (Å²) in [5.74, 6) is 0. The molecule has 0 bridgehead atoms. The molecule has 1 atom stereocenters. The molecule has 0 aromatic heterocycles. The summed E-state index contributed by atoms with van der Waals surface area (Å²) in [5, 5.41) is 16.3. The fourth-order valence-corrected chi connectivity index (χ4v) is 1.48. The van der Waals surface area contributed by atoms with Crippen molar-refractivity contribution < 1.29 is 5.11 Å². The maximum atomic E-state index is 9.90. The van der Waals surface area contributed by atoms with Gasteiger partial charge in [-0.15, -0.1) is 0 Å². The third-order valence-electron chi connectivity index (χ3n) is 2.29. The van der Waals surface area contributed by atoms with Gasteiger partial charge in [0.2, 0.25) is 0 Å². The molecule has 1 aromatic rings. The van der Waals surface area contributed by atoms with Crippen LogP contribution in [-0.2, 0) is 0 Å². The lowest BCUT2D eigenvalue weighted by atomic mass is 10.0. The van der Waals surface area contributed by atoms with Crippen LogP contribution in [0, 0.1) is 0 Å². The van der Waals surface area contributed by atoms with Crippen molar-refractivity contribution in [2.75, 3.05) is 19.3 Å². The Morgan fingerprint density at radius 3 is 2.81 bits per heavy atom. The molecule has 0 amide bonds. The van der Waals surface area contributed by atoms with Gasteiger partial charge in [-0.05, 0) is 24.7 Å². The summed E-state index contributed by atoms with van der Waals surface area (Å²) in [4.78, 5) is 0. The molecule has 0 saturated carbocycles. The fourth-order valence-electron chi connectivity index (χ4n) is 1.38. The Kier molecular flexibility index (Phi) is 5.01. The molecule has 0 aliphatic rings. The molecule has 4 nitrogen and oxygen atoms in total. The van der Waals surface area contributed by atoms with Gasteiger partial charge in [0, 0.05) is 24.8 Å². The van der Waals surface area contributed by atoms with Gasteiger partial charge in [-0.3, -0.25) is 0 Å². The van der Waals surface area contributed by atoms with Crippen molar-refractivity contribution in [2.45, 2.75) is 12.5 Å². The van der Waals surface area contributed by atoms with Crippen LogP contribution in [0.5, 0.6) is 0 Å². The Morgan fingerprint density at radius 1 is 1.50 bits per heavy atom. The van der Waals surface area contributed by atoms with E-state index in [0.29, 0.717) is 23.8 Å². The zero-order chi connectivity index (χ0) is 12.0. The van der Waals surface area contributed by atoms with E-state index in [1.54, 1.807) is 13.1 Å². The molecule has 5 N–H and O–H groups in total. The maximum absolute atomic E-state index is 9.90. The van der Waals surface area contributed by atoms with Crippen molar-refractivity contribution in [3.63, 3.8) is 0 Å². The standard InChI is InChI=1S/C11H17N3OS/c1-13-11(16)14-7-6-10(15)8-4-2-3-5-9(8)12/h2-5,10,15H,6-7,12H2,1H3,(H2,13,14,16). The van der Waals surface area contributed by atoms with E-state index in [1.807, 2.05) is 18.2 Å². The number of aliphatic hydroxyl groups is 1. The second kappa shape index (κ2) is 6.30. The Hall–Kier alpha value is -1.33. The van der Waals surface area contributed by atoms with E-state index >= 15 is 0 Å². The summed E-state index contributed by atoms with van der Waals surface area (Å²) in [5.41, 5.74) is 7.14. The average molecular weight is 239 g/mol. The van der Waals surface area contributed by atoms with E-state index in [9.17, 15) is 5.11 Å². The van der Waals surface area contributed by atoms with Gasteiger partial charge in [0.25, 0.3) is 0 Å². The third kappa shape index (κ3) is 3.67. The second-order valence-corrected chi connectivity index (χ2v) is 3.85. The molecule has 0 aliphatic heterocycles. The first-order valence-electron chi connectivity index (χ1n) is 5.13. The van der Waals surface area contributed by atoms with Gasteiger partial charge in [-0.2, -0.15) is 0 Å². The number of thiocarbonyl (C=S) groups is 1. The summed E-state index contributed by atoms with van der Waals surface area (Å²) in [6.07, 6.45) is 0.00380. The topological polar surface area (TPSA) is 70.3 Å². The highest BCUT2D eigenvalue weighted by atomic mass is 32.1. The number of nitrogen functional groups attached to an aromatic ring is 1. The van der Waals surface area contributed by atoms with Crippen LogP contribution in [0.25, 0.3) is 0 Å². The maximum Gasteiger partial charge on any atom is 0.166 e. The molecular weight excluding hydrogens is 222 g/mol. The number of rotatable bonds is 4. The summed E-state index contributed by atoms with van der Waals surface area (Å²) in [6, 6.07) is 7.32. The lowest BCUT2D eigenvalue weighted by Crippen LogP contribution is -2.33. The Labute approximate surface area is 101 Å². The van der Waals surface area contributed by atoms with Crippen molar-refractivity contribution in [2.24, 2.45) is 0 Å². The number of benzene rings is 1. The van der Waals surface area contributed by atoms with Gasteiger partial charge in [0.15, 0.2) is 5.11 Å². The number of nitrogens with two attached hydrogens (primary N) is 1. The van der Waals surface area contributed by atoms with Crippen molar-refractivity contribution in [1.29, 1.82) is 0 Å². The van der Waals surface area contributed by atoms with Crippen molar-refractivity contribution in [3.8, 4) is 0 Å². The van der Waals surface area contributed by atoms with Crippen LogP contribution in [0.3, 0.4) is 0 Å². The van der Waals surface area contributed by atoms with Crippen LogP contribution in [0.2, 0.25) is 0 Å². The summed E-state index contributed by atoms with van der Waals surface area (Å²) in [7, 11) is 1.75. The summed E-state index contributed by atoms with van der Waals surface area (Å²) < 4.78 is 0. The number of hydrogen-bond donors (Lipinski definition) is 4. The Balaban J connectivity index is 2.44. The fraction of sp³-hybridized carbons (Fsp3) is 0.364. The number of hydrogen-bond acceptors (Lipinski definition) is 3. The lowest BCUT2D eigenvalue weighted by molar-refractivity contribution is 0.169. The number of nitrogens with one attached hydrogen (secondary N) is 2. The van der Waals surface area contributed by atoms with Gasteiger partial charge in [0.1, 0.15) is 0 Å². The number of anilines is 1. The molecular formula is C11H17N3OS. The van der Waals surface area contributed by atoms with E-state index < -0.39 is 6.10 Å². The van der Waals surface area contributed by atoms with Gasteiger partial charge >= 0.3 is 0 Å². The van der Waals surface area contributed by atoms with Crippen LogP contribution in [0.4, 0.5) is 5.69 Å². The second-order valence-electron chi connectivity index (χ2n) is 3.44. The van der Waals surface area contributed by atoms with Gasteiger partial charge in [-0.25, -0.2) is 0 Å². The third-order valence-corrected chi connectivity index (χ3v) is 2.63. The van der Waals surface area contributed by atoms with E-state index in [0.717, 1.165) is 5.56 Å². The van der Waals surface area contributed by atoms with E-state index in [4.69, 9.17) is 18.0 Å². The molecule has 1 rings (SSSR count). The van der Waals surface area contributed by atoms with Crippen LogP contribution in [0.1, 0.15) is 18.1 Å². The van der Waals surface area contributed by atoms with Crippen molar-refractivity contribution in [1.82, 2.24) is 10.6 Å². The summed E-state index contributed by atoms with van der Waals surface area (Å²) in [6.45, 7) is 0.606. The predicted molar refractivity (Wildman–Crippen MR) is 70.1 cm³/mol. The van der Waals surface area contributed by atoms with E-state index in [2.05, 4.69) is 10.6 Å². The van der Waals surface area contributed by atoms with Crippen molar-refractivity contribution in [3.05, 3.63) is 29.8 Å². The zero-order valence-electron chi connectivity index (χ0n) is 9.23. The minimum absolute atomic E-state index is 0.562. The zero-order valence-corrected chi connectivity index (χ0v) is 10.1. The predicted octanol–water partition coefficient (Wildman–Crippen LogP) is 0.786. The van der Waals surface area contributed by atoms with Gasteiger partial charge in [0.05, 0.1) is 6.10 Å². The molecule has 5 heteroatoms. The normalized spacial score (nSPS) is 11.9. The molecule has 0 radical (unpaired) electrons. The van der Waals surface area contributed by atoms with Gasteiger partial charge < -0.3 is 21.5 Å². The van der Waals surface area contributed by atoms with E-state index in [-0.39, 0.29) is 0 Å². The van der Waals surface area contributed by atoms with Crippen molar-refractivity contribution >= 4 is 23.0 Å². The monoisotopic (exact) mass is 239 g/mol. The summed E-state index contributed by atoms with van der Waals surface area (Å²) >= 11 is 4.92. The van der Waals surface area contributed by atoms with Crippen LogP contribution >= 0.6 is 12.2 Å². The molecule has 0 saturated heterocycles. The number of aliphatic hydroxyl groups excluding tert-OH is 1. The highest BCUT2D eigenvalue weighted by Gasteiger charge is 2.09. The highest BCUT2D eigenvalue weighted by Crippen LogP contribution is 2.21. The molecule has 0 aliphatic carbocycles. The van der Waals surface area contributed by atoms with E-state index in [1.165, 1.54) is 0 Å². The number of para-hydroxylation sites is 1. The smallest absolute Gasteiger partial charge is 0.166 e. The SMILES string of the molecule is CNC(=S)NCCC(O)c1ccccc1N. The van der Waals surface area contributed by atoms with Crippen LogP contribution in [0.15, 0.2) is 24.3 Å². The lowest BCUT2D eigenvalue weighted by Gasteiger charge is -2.14. The molecule has 1 unspecified atom stereocenters. The van der Waals surface area contributed by atoms with Gasteiger partial charge in [-0.1, -0.05) is 18.2 Å². The molecule has 0 spiro atoms. The molecule has 0 fully saturated rings. The first-order chi connectivity index (χ1) is 7.65. The van der Waals surface area contributed by atoms with Crippen LogP contribution in [-0.4, -0.2) is 23.8 Å². The Morgan fingerprint density at radius 2 is 2.19 bits per heavy atom. The quantitative estimate of drug-likeness (QED) is 0.462. The van der Waals surface area contributed by atoms with Crippen LogP contribution < -0.4 is 16.4 Å². The largest absolute Gasteiger partial charge is 0.398 e. The molecule has 88 valence electrons. The molecule has 0 heterocycles. The first kappa shape index (κ1) is 12.7.